The van der Waals surface area contributed by atoms with Crippen LogP contribution in [0.1, 0.15) is 16.1 Å². The molecule has 0 fully saturated rings. The van der Waals surface area contributed by atoms with Crippen molar-refractivity contribution in [2.24, 2.45) is 0 Å². The number of carbonyl (C=O) groups excluding carboxylic acids is 1. The Bertz CT molecular complexity index is 1380. The van der Waals surface area contributed by atoms with Crippen molar-refractivity contribution >= 4 is 44.9 Å². The lowest BCUT2D eigenvalue weighted by molar-refractivity contribution is -0.386. The lowest BCUT2D eigenvalue weighted by Gasteiger charge is -2.07. The smallest absolute Gasteiger partial charge is 0.311 e. The molecule has 0 aliphatic carbocycles. The van der Waals surface area contributed by atoms with Crippen molar-refractivity contribution in [2.45, 2.75) is 13.3 Å². The van der Waals surface area contributed by atoms with Crippen LogP contribution in [0.4, 0.5) is 15.9 Å². The maximum Gasteiger partial charge on any atom is 0.311 e. The first-order chi connectivity index (χ1) is 16.3. The number of nitro groups is 1. The molecule has 0 radical (unpaired) electrons. The third kappa shape index (κ3) is 5.41. The van der Waals surface area contributed by atoms with E-state index in [0.29, 0.717) is 21.9 Å². The monoisotopic (exact) mass is 548 g/mol. The Morgan fingerprint density at radius 3 is 2.76 bits per heavy atom. The first-order valence-electron chi connectivity index (χ1n) is 9.68. The van der Waals surface area contributed by atoms with Gasteiger partial charge in [0.25, 0.3) is 5.91 Å². The zero-order valence-electron chi connectivity index (χ0n) is 17.2. The molecule has 1 N–H and O–H groups in total. The molecule has 0 saturated carbocycles. The van der Waals surface area contributed by atoms with Crippen LogP contribution >= 0.6 is 27.5 Å². The number of hydrogen-bond acceptors (Lipinski definition) is 6. The number of ether oxygens (including phenoxy) is 1. The normalized spacial score (nSPS) is 10.8. The summed E-state index contributed by atoms with van der Waals surface area (Å²) in [7, 11) is 0. The Morgan fingerprint density at radius 1 is 1.21 bits per heavy atom. The van der Waals surface area contributed by atoms with Crippen molar-refractivity contribution in [3.05, 3.63) is 97.6 Å². The summed E-state index contributed by atoms with van der Waals surface area (Å²) in [5, 5.41) is 22.8. The average Bonchev–Trinajstić information content (AvgIpc) is 3.40. The number of nitro benzene ring substituents is 1. The maximum atomic E-state index is 13.4. The Labute approximate surface area is 205 Å². The fraction of sp³-hybridized carbons (Fsp3) is 0.0952. The van der Waals surface area contributed by atoms with E-state index >= 15 is 0 Å². The summed E-state index contributed by atoms with van der Waals surface area (Å²) in [6.45, 7) is 0.139. The summed E-state index contributed by atoms with van der Waals surface area (Å²) >= 11 is 9.56. The highest BCUT2D eigenvalue weighted by atomic mass is 79.9. The number of nitrogens with one attached hydrogen (secondary N) is 1. The summed E-state index contributed by atoms with van der Waals surface area (Å²) < 4.78 is 22.2. The van der Waals surface area contributed by atoms with E-state index in [0.717, 1.165) is 23.8 Å². The molecule has 2 aromatic heterocycles. The molecule has 174 valence electrons. The second-order valence-corrected chi connectivity index (χ2v) is 8.21. The van der Waals surface area contributed by atoms with Crippen LogP contribution in [0.2, 0.25) is 5.02 Å². The van der Waals surface area contributed by atoms with Crippen LogP contribution in [-0.4, -0.2) is 30.4 Å². The summed E-state index contributed by atoms with van der Waals surface area (Å²) in [6, 6.07) is 11.7. The van der Waals surface area contributed by atoms with Gasteiger partial charge in [0.05, 0.1) is 15.9 Å². The molecule has 0 saturated heterocycles. The molecule has 0 spiro atoms. The van der Waals surface area contributed by atoms with Crippen molar-refractivity contribution < 1.29 is 18.8 Å². The standard InChI is InChI=1S/C21H15BrClFN6O4/c22-15-11-29(10-13-3-1-2-4-16(13)23)27-20(15)25-21(31)17-7-8-28(26-17)12-34-19-9-14(24)5-6-18(19)30(32)33/h1-9,11H,10,12H2,(H,25,27,31). The molecule has 10 nitrogen and oxygen atoms in total. The number of halogens is 3. The van der Waals surface area contributed by atoms with Crippen molar-refractivity contribution in [2.75, 3.05) is 5.32 Å². The summed E-state index contributed by atoms with van der Waals surface area (Å²) in [5.41, 5.74) is 0.544. The highest BCUT2D eigenvalue weighted by molar-refractivity contribution is 9.10. The first-order valence-corrected chi connectivity index (χ1v) is 10.8. The van der Waals surface area contributed by atoms with Gasteiger partial charge in [-0.05, 0) is 39.7 Å². The molecular weight excluding hydrogens is 535 g/mol. The largest absolute Gasteiger partial charge is 0.464 e. The molecule has 2 heterocycles. The lowest BCUT2D eigenvalue weighted by Crippen LogP contribution is -2.15. The molecule has 4 aromatic rings. The molecular formula is C21H15BrClFN6O4. The molecule has 13 heteroatoms. The number of rotatable bonds is 8. The number of amides is 1. The number of carbonyl (C=O) groups is 1. The summed E-state index contributed by atoms with van der Waals surface area (Å²) in [6.07, 6.45) is 3.16. The van der Waals surface area contributed by atoms with Gasteiger partial charge >= 0.3 is 5.69 Å². The zero-order chi connectivity index (χ0) is 24.2. The summed E-state index contributed by atoms with van der Waals surface area (Å²) in [4.78, 5) is 23.0. The van der Waals surface area contributed by atoms with Gasteiger partial charge < -0.3 is 10.1 Å². The van der Waals surface area contributed by atoms with Gasteiger partial charge in [0.15, 0.2) is 18.2 Å². The quantitative estimate of drug-likeness (QED) is 0.247. The second-order valence-electron chi connectivity index (χ2n) is 6.95. The number of benzene rings is 2. The van der Waals surface area contributed by atoms with Crippen molar-refractivity contribution in [3.8, 4) is 5.75 Å². The fourth-order valence-electron chi connectivity index (χ4n) is 2.98. The van der Waals surface area contributed by atoms with E-state index in [2.05, 4.69) is 31.4 Å². The Hall–Kier alpha value is -3.77. The van der Waals surface area contributed by atoms with E-state index in [1.54, 1.807) is 16.9 Å². The topological polar surface area (TPSA) is 117 Å². The van der Waals surface area contributed by atoms with Crippen LogP contribution in [0.3, 0.4) is 0 Å². The summed E-state index contributed by atoms with van der Waals surface area (Å²) in [5.74, 6) is -1.17. The minimum atomic E-state index is -0.681. The maximum absolute atomic E-state index is 13.4. The van der Waals surface area contributed by atoms with Crippen molar-refractivity contribution in [1.82, 2.24) is 19.6 Å². The lowest BCUT2D eigenvalue weighted by atomic mass is 10.2. The highest BCUT2D eigenvalue weighted by Gasteiger charge is 2.18. The molecule has 0 aliphatic heterocycles. The van der Waals surface area contributed by atoms with Gasteiger partial charge in [0.1, 0.15) is 5.82 Å². The van der Waals surface area contributed by atoms with Gasteiger partial charge in [-0.2, -0.15) is 10.2 Å². The predicted octanol–water partition coefficient (Wildman–Crippen LogP) is 4.88. The molecule has 2 aromatic carbocycles. The van der Waals surface area contributed by atoms with Crippen LogP contribution in [0.25, 0.3) is 0 Å². The average molecular weight is 550 g/mol. The Balaban J connectivity index is 1.41. The van der Waals surface area contributed by atoms with Gasteiger partial charge in [-0.1, -0.05) is 29.8 Å². The van der Waals surface area contributed by atoms with Gasteiger partial charge in [-0.15, -0.1) is 0 Å². The number of nitrogens with zero attached hydrogens (tertiary/aromatic N) is 5. The van der Waals surface area contributed by atoms with Gasteiger partial charge in [-0.3, -0.25) is 19.6 Å². The van der Waals surface area contributed by atoms with Gasteiger partial charge in [0.2, 0.25) is 5.75 Å². The molecule has 0 aliphatic rings. The van der Waals surface area contributed by atoms with E-state index in [1.807, 2.05) is 18.2 Å². The van der Waals surface area contributed by atoms with Crippen LogP contribution in [0, 0.1) is 15.9 Å². The van der Waals surface area contributed by atoms with E-state index in [4.69, 9.17) is 16.3 Å². The number of anilines is 1. The molecule has 0 atom stereocenters. The predicted molar refractivity (Wildman–Crippen MR) is 124 cm³/mol. The molecule has 4 rings (SSSR count). The van der Waals surface area contributed by atoms with E-state index in [1.165, 1.54) is 16.9 Å². The van der Waals surface area contributed by atoms with Gasteiger partial charge in [0, 0.05) is 29.5 Å². The van der Waals surface area contributed by atoms with E-state index < -0.39 is 16.6 Å². The van der Waals surface area contributed by atoms with E-state index in [-0.39, 0.29) is 23.9 Å². The number of hydrogen-bond donors (Lipinski definition) is 1. The third-order valence-electron chi connectivity index (χ3n) is 4.58. The van der Waals surface area contributed by atoms with Crippen LogP contribution in [0.5, 0.6) is 5.75 Å². The van der Waals surface area contributed by atoms with Crippen LogP contribution < -0.4 is 10.1 Å². The van der Waals surface area contributed by atoms with Crippen molar-refractivity contribution in [3.63, 3.8) is 0 Å². The molecule has 1 amide bonds. The molecule has 0 unspecified atom stereocenters. The van der Waals surface area contributed by atoms with E-state index in [9.17, 15) is 19.3 Å². The Morgan fingerprint density at radius 2 is 2.00 bits per heavy atom. The first kappa shape index (κ1) is 23.4. The second kappa shape index (κ2) is 10.0. The van der Waals surface area contributed by atoms with Gasteiger partial charge in [-0.25, -0.2) is 9.07 Å². The van der Waals surface area contributed by atoms with Crippen molar-refractivity contribution in [1.29, 1.82) is 0 Å². The van der Waals surface area contributed by atoms with Crippen LogP contribution in [0.15, 0.2) is 65.4 Å². The zero-order valence-corrected chi connectivity index (χ0v) is 19.5. The minimum absolute atomic E-state index is 0.0601. The minimum Gasteiger partial charge on any atom is -0.464 e. The molecule has 34 heavy (non-hydrogen) atoms. The third-order valence-corrected chi connectivity index (χ3v) is 5.53. The van der Waals surface area contributed by atoms with Crippen LogP contribution in [-0.2, 0) is 13.3 Å². The highest BCUT2D eigenvalue weighted by Crippen LogP contribution is 2.28. The fourth-order valence-corrected chi connectivity index (χ4v) is 3.59. The molecule has 0 bridgehead atoms. The Kier molecular flexibility index (Phi) is 6.89. The number of aromatic nitrogens is 4. The SMILES string of the molecule is O=C(Nc1nn(Cc2ccccc2Cl)cc1Br)c1ccn(COc2cc(F)ccc2[N+](=O)[O-])n1.